The van der Waals surface area contributed by atoms with Crippen molar-refractivity contribution in [2.75, 3.05) is 12.3 Å². The molecule has 0 spiro atoms. The minimum Gasteiger partial charge on any atom is -0.396 e. The summed E-state index contributed by atoms with van der Waals surface area (Å²) >= 11 is 0. The maximum absolute atomic E-state index is 13.3. The maximum Gasteiger partial charge on any atom is 0.390 e. The number of anilines is 1. The lowest BCUT2D eigenvalue weighted by molar-refractivity contribution is -0.132. The van der Waals surface area contributed by atoms with E-state index in [2.05, 4.69) is 0 Å². The molecule has 0 bridgehead atoms. The zero-order valence-corrected chi connectivity index (χ0v) is 11.6. The molecule has 0 amide bonds. The van der Waals surface area contributed by atoms with Gasteiger partial charge < -0.3 is 5.73 Å². The van der Waals surface area contributed by atoms with Crippen LogP contribution in [0.5, 0.6) is 0 Å². The molecule has 0 fully saturated rings. The number of sulfonamides is 1. The lowest BCUT2D eigenvalue weighted by atomic mass is 10.1. The monoisotopic (exact) mass is 314 g/mol. The molecule has 114 valence electrons. The Balaban J connectivity index is 3.08. The molecule has 0 radical (unpaired) electrons. The van der Waals surface area contributed by atoms with Crippen LogP contribution < -0.4 is 10.5 Å². The first kappa shape index (κ1) is 16.7. The van der Waals surface area contributed by atoms with Crippen molar-refractivity contribution >= 4 is 15.7 Å². The van der Waals surface area contributed by atoms with Gasteiger partial charge in [-0.15, -0.1) is 0 Å². The number of benzene rings is 1. The molecule has 0 heterocycles. The lowest BCUT2D eigenvalue weighted by Gasteiger charge is -2.14. The van der Waals surface area contributed by atoms with Gasteiger partial charge >= 0.3 is 6.18 Å². The molecule has 1 aromatic rings. The molecule has 0 saturated carbocycles. The smallest absolute Gasteiger partial charge is 0.390 e. The van der Waals surface area contributed by atoms with E-state index in [4.69, 9.17) is 5.73 Å². The fraction of sp³-hybridized carbons (Fsp3) is 0.455. The van der Waals surface area contributed by atoms with Crippen LogP contribution in [0.4, 0.5) is 23.2 Å². The van der Waals surface area contributed by atoms with Crippen molar-refractivity contribution in [3.05, 3.63) is 23.0 Å². The molecule has 0 aliphatic rings. The molecule has 0 unspecified atom stereocenters. The molecule has 0 aliphatic carbocycles. The van der Waals surface area contributed by atoms with Crippen LogP contribution in [-0.2, 0) is 10.0 Å². The highest BCUT2D eigenvalue weighted by Crippen LogP contribution is 2.27. The van der Waals surface area contributed by atoms with E-state index in [9.17, 15) is 26.0 Å². The molecule has 0 atom stereocenters. The predicted molar refractivity (Wildman–Crippen MR) is 66.1 cm³/mol. The van der Waals surface area contributed by atoms with Crippen LogP contribution in [0.2, 0.25) is 0 Å². The van der Waals surface area contributed by atoms with Gasteiger partial charge in [-0.3, -0.25) is 0 Å². The van der Waals surface area contributed by atoms with Crippen LogP contribution in [0.1, 0.15) is 17.5 Å². The Morgan fingerprint density at radius 1 is 1.30 bits per heavy atom. The van der Waals surface area contributed by atoms with E-state index in [-0.39, 0.29) is 21.7 Å². The highest BCUT2D eigenvalue weighted by molar-refractivity contribution is 7.89. The second-order valence-corrected chi connectivity index (χ2v) is 6.01. The summed E-state index contributed by atoms with van der Waals surface area (Å²) in [4.78, 5) is -0.293. The van der Waals surface area contributed by atoms with Gasteiger partial charge in [0.2, 0.25) is 10.0 Å². The largest absolute Gasteiger partial charge is 0.396 e. The summed E-state index contributed by atoms with van der Waals surface area (Å²) in [6.45, 7) is 1.85. The van der Waals surface area contributed by atoms with E-state index >= 15 is 0 Å². The number of alkyl halides is 3. The van der Waals surface area contributed by atoms with Gasteiger partial charge in [0.1, 0.15) is 5.82 Å². The molecule has 0 aliphatic heterocycles. The average molecular weight is 314 g/mol. The number of halogens is 4. The molecular formula is C11H14F4N2O2S. The van der Waals surface area contributed by atoms with Crippen molar-refractivity contribution in [2.45, 2.75) is 31.3 Å². The first-order chi connectivity index (χ1) is 8.96. The number of hydrogen-bond donors (Lipinski definition) is 2. The molecule has 1 aromatic carbocycles. The summed E-state index contributed by atoms with van der Waals surface area (Å²) in [5.41, 5.74) is 5.11. The zero-order valence-electron chi connectivity index (χ0n) is 10.8. The zero-order chi connectivity index (χ0) is 15.7. The molecule has 9 heteroatoms. The van der Waals surface area contributed by atoms with Crippen LogP contribution in [0.15, 0.2) is 11.0 Å². The highest BCUT2D eigenvalue weighted by Gasteiger charge is 2.29. The Labute approximate surface area is 114 Å². The van der Waals surface area contributed by atoms with Crippen molar-refractivity contribution < 1.29 is 26.0 Å². The normalized spacial score (nSPS) is 12.7. The van der Waals surface area contributed by atoms with Crippen molar-refractivity contribution in [1.29, 1.82) is 0 Å². The third kappa shape index (κ3) is 3.83. The van der Waals surface area contributed by atoms with E-state index in [1.807, 2.05) is 4.72 Å². The Morgan fingerprint density at radius 3 is 2.35 bits per heavy atom. The molecular weight excluding hydrogens is 300 g/mol. The summed E-state index contributed by atoms with van der Waals surface area (Å²) in [5.74, 6) is -0.769. The van der Waals surface area contributed by atoms with E-state index in [1.165, 1.54) is 13.8 Å². The first-order valence-electron chi connectivity index (χ1n) is 5.57. The van der Waals surface area contributed by atoms with E-state index < -0.39 is 35.0 Å². The summed E-state index contributed by atoms with van der Waals surface area (Å²) < 4.78 is 75.1. The van der Waals surface area contributed by atoms with Crippen molar-refractivity contribution in [2.24, 2.45) is 0 Å². The van der Waals surface area contributed by atoms with E-state index in [1.54, 1.807) is 0 Å². The molecule has 4 nitrogen and oxygen atoms in total. The van der Waals surface area contributed by atoms with Crippen LogP contribution in [-0.4, -0.2) is 21.1 Å². The third-order valence-electron chi connectivity index (χ3n) is 2.67. The summed E-state index contributed by atoms with van der Waals surface area (Å²) in [6, 6.07) is 0.931. The minimum absolute atomic E-state index is 0.0259. The van der Waals surface area contributed by atoms with Gasteiger partial charge in [-0.25, -0.2) is 17.5 Å². The fourth-order valence-corrected chi connectivity index (χ4v) is 3.25. The van der Waals surface area contributed by atoms with Crippen molar-refractivity contribution in [1.82, 2.24) is 4.72 Å². The Bertz CT molecular complexity index is 612. The number of aryl methyl sites for hydroxylation is 1. The average Bonchev–Trinajstić information content (AvgIpc) is 2.23. The van der Waals surface area contributed by atoms with Crippen LogP contribution in [0.3, 0.4) is 0 Å². The lowest BCUT2D eigenvalue weighted by Crippen LogP contribution is -2.29. The predicted octanol–water partition coefficient (Wildman–Crippen LogP) is 2.26. The van der Waals surface area contributed by atoms with Gasteiger partial charge in [-0.05, 0) is 31.0 Å². The number of hydrogen-bond acceptors (Lipinski definition) is 3. The van der Waals surface area contributed by atoms with Crippen LogP contribution >= 0.6 is 0 Å². The van der Waals surface area contributed by atoms with Gasteiger partial charge in [0.15, 0.2) is 0 Å². The minimum atomic E-state index is -4.46. The summed E-state index contributed by atoms with van der Waals surface area (Å²) in [5, 5.41) is 0. The summed E-state index contributed by atoms with van der Waals surface area (Å²) in [7, 11) is -4.18. The third-order valence-corrected chi connectivity index (χ3v) is 4.42. The van der Waals surface area contributed by atoms with Gasteiger partial charge in [0.05, 0.1) is 17.0 Å². The molecule has 0 aromatic heterocycles. The number of nitrogen functional groups attached to an aromatic ring is 1. The first-order valence-corrected chi connectivity index (χ1v) is 7.05. The summed E-state index contributed by atoms with van der Waals surface area (Å²) in [6.07, 6.45) is -5.75. The van der Waals surface area contributed by atoms with E-state index in [0.29, 0.717) is 0 Å². The number of nitrogens with two attached hydrogens (primary N) is 1. The van der Waals surface area contributed by atoms with E-state index in [0.717, 1.165) is 6.07 Å². The molecule has 1 rings (SSSR count). The number of rotatable bonds is 4. The van der Waals surface area contributed by atoms with Gasteiger partial charge in [0.25, 0.3) is 0 Å². The maximum atomic E-state index is 13.3. The fourth-order valence-electron chi connectivity index (χ4n) is 1.74. The Kier molecular flexibility index (Phi) is 4.65. The second-order valence-electron chi connectivity index (χ2n) is 4.31. The highest BCUT2D eigenvalue weighted by atomic mass is 32.2. The SMILES string of the molecule is Cc1cc(F)c(N)c(C)c1S(=O)(=O)NCCC(F)(F)F. The molecule has 3 N–H and O–H groups in total. The number of nitrogens with one attached hydrogen (secondary N) is 1. The topological polar surface area (TPSA) is 72.2 Å². The second kappa shape index (κ2) is 5.57. The van der Waals surface area contributed by atoms with Crippen LogP contribution in [0.25, 0.3) is 0 Å². The van der Waals surface area contributed by atoms with Gasteiger partial charge in [-0.1, -0.05) is 0 Å². The van der Waals surface area contributed by atoms with Gasteiger partial charge in [0, 0.05) is 6.54 Å². The standard InChI is InChI=1S/C11H14F4N2O2S/c1-6-5-8(12)9(16)7(2)10(6)20(18,19)17-4-3-11(13,14)15/h5,17H,3-4,16H2,1-2H3. The Morgan fingerprint density at radius 2 is 1.85 bits per heavy atom. The Hall–Kier alpha value is -1.35. The quantitative estimate of drug-likeness (QED) is 0.661. The van der Waals surface area contributed by atoms with Crippen LogP contribution in [0, 0.1) is 19.7 Å². The van der Waals surface area contributed by atoms with Crippen molar-refractivity contribution in [3.63, 3.8) is 0 Å². The molecule has 20 heavy (non-hydrogen) atoms. The van der Waals surface area contributed by atoms with Crippen molar-refractivity contribution in [3.8, 4) is 0 Å². The molecule has 0 saturated heterocycles. The van der Waals surface area contributed by atoms with Gasteiger partial charge in [-0.2, -0.15) is 13.2 Å².